The van der Waals surface area contributed by atoms with Crippen LogP contribution in [-0.2, 0) is 19.4 Å². The van der Waals surface area contributed by atoms with Crippen LogP contribution in [0, 0.1) is 0 Å². The third-order valence-corrected chi connectivity index (χ3v) is 7.12. The lowest BCUT2D eigenvalue weighted by molar-refractivity contribution is -0.121. The molecule has 2 aliphatic heterocycles. The van der Waals surface area contributed by atoms with Gasteiger partial charge in [0, 0.05) is 18.0 Å². The number of carbonyl (C=O) groups is 1. The van der Waals surface area contributed by atoms with E-state index in [0.717, 1.165) is 5.69 Å². The van der Waals surface area contributed by atoms with Gasteiger partial charge in [0.1, 0.15) is 12.4 Å². The molecule has 130 valence electrons. The minimum Gasteiger partial charge on any atom is -0.497 e. The van der Waals surface area contributed by atoms with Crippen molar-refractivity contribution in [3.63, 3.8) is 0 Å². The number of hydrogen-bond donors (Lipinski definition) is 0. The zero-order valence-electron chi connectivity index (χ0n) is 13.3. The van der Waals surface area contributed by atoms with E-state index in [9.17, 15) is 13.2 Å². The van der Waals surface area contributed by atoms with Crippen LogP contribution < -0.4 is 9.64 Å². The molecule has 1 amide bonds. The standard InChI is InChI=1S/C15H18N2O5S2/c1-21-7-14(18)16-15-17(10-3-5-11(22-2)6-4-10)12-8-24(19,20)9-13(12)23-15/h3-6,12-13H,7-9H2,1-2H3/t12-,13+/m1/s1. The predicted octanol–water partition coefficient (Wildman–Crippen LogP) is 0.943. The first-order valence-electron chi connectivity index (χ1n) is 7.34. The maximum atomic E-state index is 12.0. The summed E-state index contributed by atoms with van der Waals surface area (Å²) in [5.74, 6) is 0.484. The van der Waals surface area contributed by atoms with Crippen LogP contribution in [0.4, 0.5) is 5.69 Å². The number of methoxy groups -OCH3 is 2. The summed E-state index contributed by atoms with van der Waals surface area (Å²) < 4.78 is 33.9. The van der Waals surface area contributed by atoms with Gasteiger partial charge in [0.25, 0.3) is 5.91 Å². The van der Waals surface area contributed by atoms with Crippen LogP contribution in [0.1, 0.15) is 0 Å². The van der Waals surface area contributed by atoms with Gasteiger partial charge >= 0.3 is 0 Å². The summed E-state index contributed by atoms with van der Waals surface area (Å²) >= 11 is 1.34. The van der Waals surface area contributed by atoms with Gasteiger partial charge in [0.2, 0.25) is 0 Å². The molecule has 2 heterocycles. The highest BCUT2D eigenvalue weighted by molar-refractivity contribution is 8.16. The third kappa shape index (κ3) is 3.42. The van der Waals surface area contributed by atoms with Crippen LogP contribution in [0.3, 0.4) is 0 Å². The molecule has 2 atom stereocenters. The van der Waals surface area contributed by atoms with Gasteiger partial charge in [-0.15, -0.1) is 0 Å². The van der Waals surface area contributed by atoms with Crippen molar-refractivity contribution in [1.82, 2.24) is 0 Å². The summed E-state index contributed by atoms with van der Waals surface area (Å²) in [6.07, 6.45) is 0. The van der Waals surface area contributed by atoms with Gasteiger partial charge in [-0.1, -0.05) is 11.8 Å². The van der Waals surface area contributed by atoms with Gasteiger partial charge in [0.05, 0.1) is 24.7 Å². The molecule has 7 nitrogen and oxygen atoms in total. The molecule has 0 unspecified atom stereocenters. The molecule has 24 heavy (non-hydrogen) atoms. The Labute approximate surface area is 144 Å². The number of hydrogen-bond acceptors (Lipinski definition) is 6. The number of fused-ring (bicyclic) bond motifs is 1. The minimum atomic E-state index is -3.07. The van der Waals surface area contributed by atoms with Crippen molar-refractivity contribution in [2.45, 2.75) is 11.3 Å². The van der Waals surface area contributed by atoms with Gasteiger partial charge in [-0.05, 0) is 24.3 Å². The molecule has 0 bridgehead atoms. The number of anilines is 1. The van der Waals surface area contributed by atoms with Crippen molar-refractivity contribution in [2.75, 3.05) is 37.2 Å². The number of carbonyl (C=O) groups excluding carboxylic acids is 1. The van der Waals surface area contributed by atoms with Crippen LogP contribution in [-0.4, -0.2) is 63.1 Å². The lowest BCUT2D eigenvalue weighted by Crippen LogP contribution is -2.37. The Kier molecular flexibility index (Phi) is 4.84. The van der Waals surface area contributed by atoms with E-state index in [0.29, 0.717) is 10.9 Å². The fourth-order valence-electron chi connectivity index (χ4n) is 2.87. The van der Waals surface area contributed by atoms with Crippen molar-refractivity contribution in [2.24, 2.45) is 4.99 Å². The second-order valence-electron chi connectivity index (χ2n) is 5.59. The molecule has 1 aromatic rings. The molecule has 0 radical (unpaired) electrons. The van der Waals surface area contributed by atoms with Gasteiger partial charge in [-0.3, -0.25) is 4.79 Å². The van der Waals surface area contributed by atoms with Crippen molar-refractivity contribution < 1.29 is 22.7 Å². The first-order chi connectivity index (χ1) is 11.4. The van der Waals surface area contributed by atoms with E-state index in [1.807, 2.05) is 17.0 Å². The van der Waals surface area contributed by atoms with Crippen molar-refractivity contribution in [3.8, 4) is 5.75 Å². The quantitative estimate of drug-likeness (QED) is 0.780. The molecule has 2 fully saturated rings. The lowest BCUT2D eigenvalue weighted by Gasteiger charge is -2.24. The maximum absolute atomic E-state index is 12.0. The Morgan fingerprint density at radius 1 is 1.29 bits per heavy atom. The predicted molar refractivity (Wildman–Crippen MR) is 93.6 cm³/mol. The zero-order valence-corrected chi connectivity index (χ0v) is 15.0. The molecule has 0 N–H and O–H groups in total. The molecular formula is C15H18N2O5S2. The van der Waals surface area contributed by atoms with E-state index < -0.39 is 9.84 Å². The first kappa shape index (κ1) is 17.2. The summed E-state index contributed by atoms with van der Waals surface area (Å²) in [6, 6.07) is 7.05. The number of benzene rings is 1. The van der Waals surface area contributed by atoms with E-state index >= 15 is 0 Å². The number of aliphatic imine (C=N–C) groups is 1. The summed E-state index contributed by atoms with van der Waals surface area (Å²) in [6.45, 7) is -0.103. The molecule has 2 saturated heterocycles. The minimum absolute atomic E-state index is 0.0637. The third-order valence-electron chi connectivity index (χ3n) is 3.91. The Hall–Kier alpha value is -1.58. The molecular weight excluding hydrogens is 352 g/mol. The Morgan fingerprint density at radius 3 is 2.62 bits per heavy atom. The normalized spacial score (nSPS) is 26.6. The molecule has 9 heteroatoms. The van der Waals surface area contributed by atoms with Crippen molar-refractivity contribution >= 4 is 38.4 Å². The molecule has 0 aromatic heterocycles. The van der Waals surface area contributed by atoms with Gasteiger partial charge in [0.15, 0.2) is 15.0 Å². The summed E-state index contributed by atoms with van der Waals surface area (Å²) in [4.78, 5) is 17.8. The van der Waals surface area contributed by atoms with E-state index in [4.69, 9.17) is 9.47 Å². The number of amides is 1. The van der Waals surface area contributed by atoms with Crippen LogP contribution in [0.5, 0.6) is 5.75 Å². The summed E-state index contributed by atoms with van der Waals surface area (Å²) in [5.41, 5.74) is 0.789. The van der Waals surface area contributed by atoms with E-state index in [2.05, 4.69) is 4.99 Å². The Balaban J connectivity index is 1.96. The second kappa shape index (κ2) is 6.73. The van der Waals surface area contributed by atoms with Crippen molar-refractivity contribution in [1.29, 1.82) is 0 Å². The van der Waals surface area contributed by atoms with Gasteiger partial charge in [-0.25, -0.2) is 8.42 Å². The monoisotopic (exact) mass is 370 g/mol. The summed E-state index contributed by atoms with van der Waals surface area (Å²) in [7, 11) is -0.0603. The van der Waals surface area contributed by atoms with E-state index in [1.54, 1.807) is 19.2 Å². The van der Waals surface area contributed by atoms with Crippen LogP contribution in [0.2, 0.25) is 0 Å². The maximum Gasteiger partial charge on any atom is 0.274 e. The number of thioether (sulfide) groups is 1. The fourth-order valence-corrected chi connectivity index (χ4v) is 6.80. The smallest absolute Gasteiger partial charge is 0.274 e. The topological polar surface area (TPSA) is 85.3 Å². The number of rotatable bonds is 4. The molecule has 1 aromatic carbocycles. The van der Waals surface area contributed by atoms with Crippen molar-refractivity contribution in [3.05, 3.63) is 24.3 Å². The SMILES string of the molecule is COCC(=O)N=C1S[C@H]2CS(=O)(=O)C[C@H]2N1c1ccc(OC)cc1. The molecule has 3 rings (SSSR count). The van der Waals surface area contributed by atoms with Gasteiger partial charge < -0.3 is 14.4 Å². The fraction of sp³-hybridized carbons (Fsp3) is 0.467. The highest BCUT2D eigenvalue weighted by Gasteiger charge is 2.49. The highest BCUT2D eigenvalue weighted by atomic mass is 32.2. The van der Waals surface area contributed by atoms with Crippen LogP contribution >= 0.6 is 11.8 Å². The Bertz CT molecular complexity index is 761. The zero-order chi connectivity index (χ0) is 17.3. The highest BCUT2D eigenvalue weighted by Crippen LogP contribution is 2.41. The number of nitrogens with zero attached hydrogens (tertiary/aromatic N) is 2. The van der Waals surface area contributed by atoms with E-state index in [1.165, 1.54) is 18.9 Å². The summed E-state index contributed by atoms with van der Waals surface area (Å²) in [5, 5.41) is 0.401. The van der Waals surface area contributed by atoms with Gasteiger partial charge in [-0.2, -0.15) is 4.99 Å². The molecule has 2 aliphatic rings. The Morgan fingerprint density at radius 2 is 2.00 bits per heavy atom. The number of amidine groups is 1. The number of sulfone groups is 1. The lowest BCUT2D eigenvalue weighted by atomic mass is 10.2. The molecule has 0 aliphatic carbocycles. The molecule has 0 spiro atoms. The van der Waals surface area contributed by atoms with E-state index in [-0.39, 0.29) is 35.3 Å². The van der Waals surface area contributed by atoms with Crippen LogP contribution in [0.25, 0.3) is 0 Å². The average Bonchev–Trinajstić information content (AvgIpc) is 2.98. The first-order valence-corrected chi connectivity index (χ1v) is 10.0. The second-order valence-corrected chi connectivity index (χ2v) is 8.95. The van der Waals surface area contributed by atoms with Crippen LogP contribution in [0.15, 0.2) is 29.3 Å². The largest absolute Gasteiger partial charge is 0.497 e. The molecule has 0 saturated carbocycles. The average molecular weight is 370 g/mol. The number of ether oxygens (including phenoxy) is 2.